The van der Waals surface area contributed by atoms with E-state index in [4.69, 9.17) is 0 Å². The van der Waals surface area contributed by atoms with Crippen LogP contribution in [0.2, 0.25) is 0 Å². The highest BCUT2D eigenvalue weighted by Crippen LogP contribution is 2.45. The number of rotatable bonds is 4. The number of hydrogen-bond donors (Lipinski definition) is 1. The molecule has 0 saturated carbocycles. The zero-order valence-corrected chi connectivity index (χ0v) is 14.5. The van der Waals surface area contributed by atoms with Gasteiger partial charge in [0, 0.05) is 18.9 Å². The Kier molecular flexibility index (Phi) is 4.19. The smallest absolute Gasteiger partial charge is 0.0982 e. The van der Waals surface area contributed by atoms with Crippen LogP contribution in [-0.2, 0) is 12.0 Å². The van der Waals surface area contributed by atoms with Gasteiger partial charge in [-0.25, -0.2) is 0 Å². The zero-order chi connectivity index (χ0) is 16.6. The molecule has 0 radical (unpaired) electrons. The minimum Gasteiger partial charge on any atom is -0.384 e. The van der Waals surface area contributed by atoms with Crippen molar-refractivity contribution >= 4 is 0 Å². The highest BCUT2D eigenvalue weighted by molar-refractivity contribution is 5.35. The molecule has 3 aliphatic heterocycles. The molecule has 2 aromatic rings. The molecule has 2 atom stereocenters. The third-order valence-electron chi connectivity index (χ3n) is 6.20. The largest absolute Gasteiger partial charge is 0.384 e. The molecule has 5 rings (SSSR count). The molecule has 3 fully saturated rings. The molecule has 1 N–H and O–H groups in total. The van der Waals surface area contributed by atoms with Crippen LogP contribution in [0, 0.1) is 18.8 Å². The molecule has 0 spiro atoms. The van der Waals surface area contributed by atoms with Crippen molar-refractivity contribution in [1.29, 1.82) is 0 Å². The zero-order valence-electron chi connectivity index (χ0n) is 14.5. The van der Waals surface area contributed by atoms with E-state index in [9.17, 15) is 5.11 Å². The van der Waals surface area contributed by atoms with Crippen LogP contribution in [-0.4, -0.2) is 29.6 Å². The first kappa shape index (κ1) is 15.9. The Bertz CT molecular complexity index is 690. The standard InChI is InChI=1S/C22H27NO/c1-17-7-5-6-10-20(17)22(24,15-18-8-3-2-4-9-18)21-16-23-13-11-19(21)12-14-23/h2-10,19,21,24H,11-16H2,1H3/t21-,22-/m1/s1. The second-order valence-electron chi connectivity index (χ2n) is 7.65. The SMILES string of the molecule is Cc1ccccc1[C@](O)(Cc1ccccc1)[C@@H]1CN2CCC1CC2. The summed E-state index contributed by atoms with van der Waals surface area (Å²) in [6.07, 6.45) is 3.16. The quantitative estimate of drug-likeness (QED) is 0.926. The van der Waals surface area contributed by atoms with E-state index in [1.807, 2.05) is 6.07 Å². The average molecular weight is 321 g/mol. The molecule has 0 aromatic heterocycles. The number of piperidine rings is 3. The lowest BCUT2D eigenvalue weighted by Gasteiger charge is -2.51. The predicted octanol–water partition coefficient (Wildman–Crippen LogP) is 3.77. The number of aryl methyl sites for hydroxylation is 1. The summed E-state index contributed by atoms with van der Waals surface area (Å²) in [4.78, 5) is 2.54. The third kappa shape index (κ3) is 2.78. The van der Waals surface area contributed by atoms with Crippen molar-refractivity contribution in [2.45, 2.75) is 31.8 Å². The van der Waals surface area contributed by atoms with Gasteiger partial charge in [-0.3, -0.25) is 0 Å². The molecule has 3 aliphatic rings. The molecule has 24 heavy (non-hydrogen) atoms. The summed E-state index contributed by atoms with van der Waals surface area (Å²) in [7, 11) is 0. The van der Waals surface area contributed by atoms with Gasteiger partial charge in [0.1, 0.15) is 0 Å². The Hall–Kier alpha value is -1.64. The van der Waals surface area contributed by atoms with Crippen molar-refractivity contribution in [3.63, 3.8) is 0 Å². The molecule has 0 amide bonds. The molecular weight excluding hydrogens is 294 g/mol. The van der Waals surface area contributed by atoms with E-state index in [1.54, 1.807) is 0 Å². The number of aliphatic hydroxyl groups is 1. The second-order valence-corrected chi connectivity index (χ2v) is 7.65. The Morgan fingerprint density at radius 2 is 1.67 bits per heavy atom. The van der Waals surface area contributed by atoms with Gasteiger partial charge in [0.15, 0.2) is 0 Å². The molecule has 2 aromatic carbocycles. The van der Waals surface area contributed by atoms with Crippen LogP contribution in [0.4, 0.5) is 0 Å². The molecule has 126 valence electrons. The predicted molar refractivity (Wildman–Crippen MR) is 97.9 cm³/mol. The molecule has 2 bridgehead atoms. The lowest BCUT2D eigenvalue weighted by atomic mass is 9.65. The van der Waals surface area contributed by atoms with Gasteiger partial charge in [-0.2, -0.15) is 0 Å². The van der Waals surface area contributed by atoms with Crippen LogP contribution in [0.5, 0.6) is 0 Å². The van der Waals surface area contributed by atoms with Gasteiger partial charge in [0.25, 0.3) is 0 Å². The molecular formula is C22H27NO. The first-order valence-corrected chi connectivity index (χ1v) is 9.21. The van der Waals surface area contributed by atoms with E-state index in [1.165, 1.54) is 37.1 Å². The number of fused-ring (bicyclic) bond motifs is 3. The van der Waals surface area contributed by atoms with Crippen molar-refractivity contribution in [2.75, 3.05) is 19.6 Å². The van der Waals surface area contributed by atoms with Crippen LogP contribution in [0.25, 0.3) is 0 Å². The normalized spacial score (nSPS) is 28.5. The summed E-state index contributed by atoms with van der Waals surface area (Å²) in [5.41, 5.74) is 2.76. The Morgan fingerprint density at radius 3 is 2.29 bits per heavy atom. The Morgan fingerprint density at radius 1 is 1.00 bits per heavy atom. The number of benzene rings is 2. The van der Waals surface area contributed by atoms with Crippen molar-refractivity contribution < 1.29 is 5.11 Å². The van der Waals surface area contributed by atoms with Gasteiger partial charge in [0.05, 0.1) is 5.60 Å². The lowest BCUT2D eigenvalue weighted by Crippen LogP contribution is -2.56. The summed E-state index contributed by atoms with van der Waals surface area (Å²) >= 11 is 0. The monoisotopic (exact) mass is 321 g/mol. The number of hydrogen-bond acceptors (Lipinski definition) is 2. The van der Waals surface area contributed by atoms with E-state index in [2.05, 4.69) is 60.4 Å². The summed E-state index contributed by atoms with van der Waals surface area (Å²) in [5, 5.41) is 12.0. The van der Waals surface area contributed by atoms with Crippen molar-refractivity contribution in [3.8, 4) is 0 Å². The lowest BCUT2D eigenvalue weighted by molar-refractivity contribution is -0.102. The number of nitrogens with zero attached hydrogens (tertiary/aromatic N) is 1. The minimum absolute atomic E-state index is 0.321. The van der Waals surface area contributed by atoms with Gasteiger partial charge in [0.2, 0.25) is 0 Å². The third-order valence-corrected chi connectivity index (χ3v) is 6.20. The fraction of sp³-hybridized carbons (Fsp3) is 0.455. The topological polar surface area (TPSA) is 23.5 Å². The van der Waals surface area contributed by atoms with E-state index >= 15 is 0 Å². The minimum atomic E-state index is -0.781. The van der Waals surface area contributed by atoms with Crippen molar-refractivity contribution in [3.05, 3.63) is 71.3 Å². The maximum atomic E-state index is 12.0. The fourth-order valence-corrected chi connectivity index (χ4v) is 4.90. The van der Waals surface area contributed by atoms with Gasteiger partial charge in [-0.05, 0) is 55.5 Å². The van der Waals surface area contributed by atoms with E-state index < -0.39 is 5.60 Å². The molecule has 3 heterocycles. The summed E-state index contributed by atoms with van der Waals surface area (Å²) in [6.45, 7) is 5.57. The fourth-order valence-electron chi connectivity index (χ4n) is 4.90. The Balaban J connectivity index is 1.76. The molecule has 2 nitrogen and oxygen atoms in total. The van der Waals surface area contributed by atoms with Crippen LogP contribution in [0.1, 0.15) is 29.5 Å². The second kappa shape index (κ2) is 6.34. The van der Waals surface area contributed by atoms with Gasteiger partial charge >= 0.3 is 0 Å². The maximum Gasteiger partial charge on any atom is 0.0982 e. The first-order valence-electron chi connectivity index (χ1n) is 9.21. The highest BCUT2D eigenvalue weighted by atomic mass is 16.3. The average Bonchev–Trinajstić information content (AvgIpc) is 2.64. The van der Waals surface area contributed by atoms with Crippen LogP contribution in [0.15, 0.2) is 54.6 Å². The molecule has 2 heteroatoms. The van der Waals surface area contributed by atoms with Gasteiger partial charge in [-0.1, -0.05) is 54.6 Å². The molecule has 0 unspecified atom stereocenters. The van der Waals surface area contributed by atoms with E-state index in [0.29, 0.717) is 18.3 Å². The maximum absolute atomic E-state index is 12.0. The Labute approximate surface area is 145 Å². The molecule has 0 aliphatic carbocycles. The van der Waals surface area contributed by atoms with Crippen LogP contribution >= 0.6 is 0 Å². The van der Waals surface area contributed by atoms with E-state index in [0.717, 1.165) is 12.1 Å². The van der Waals surface area contributed by atoms with Gasteiger partial charge in [-0.15, -0.1) is 0 Å². The summed E-state index contributed by atoms with van der Waals surface area (Å²) in [5.74, 6) is 0.963. The van der Waals surface area contributed by atoms with Crippen molar-refractivity contribution in [1.82, 2.24) is 4.90 Å². The summed E-state index contributed by atoms with van der Waals surface area (Å²) < 4.78 is 0. The van der Waals surface area contributed by atoms with E-state index in [-0.39, 0.29) is 0 Å². The van der Waals surface area contributed by atoms with Gasteiger partial charge < -0.3 is 10.0 Å². The highest BCUT2D eigenvalue weighted by Gasteiger charge is 2.47. The first-order chi connectivity index (χ1) is 11.7. The summed E-state index contributed by atoms with van der Waals surface area (Å²) in [6, 6.07) is 18.9. The van der Waals surface area contributed by atoms with Crippen LogP contribution < -0.4 is 0 Å². The van der Waals surface area contributed by atoms with Crippen molar-refractivity contribution in [2.24, 2.45) is 11.8 Å². The van der Waals surface area contributed by atoms with Crippen LogP contribution in [0.3, 0.4) is 0 Å². The molecule has 3 saturated heterocycles.